The van der Waals surface area contributed by atoms with Crippen molar-refractivity contribution in [3.63, 3.8) is 0 Å². The lowest BCUT2D eigenvalue weighted by Gasteiger charge is -2.10. The number of aryl methyl sites for hydroxylation is 2. The third kappa shape index (κ3) is 3.08. The first-order valence-corrected chi connectivity index (χ1v) is 6.53. The van der Waals surface area contributed by atoms with Crippen LogP contribution in [0, 0.1) is 6.92 Å². The molecule has 2 N–H and O–H groups in total. The molecule has 0 bridgehead atoms. The minimum absolute atomic E-state index is 0.00825. The van der Waals surface area contributed by atoms with E-state index in [2.05, 4.69) is 5.10 Å². The normalized spacial score (nSPS) is 12.5. The van der Waals surface area contributed by atoms with Crippen LogP contribution in [0.5, 0.6) is 5.75 Å². The minimum Gasteiger partial charge on any atom is -0.487 e. The van der Waals surface area contributed by atoms with Crippen molar-refractivity contribution in [1.82, 2.24) is 9.78 Å². The van der Waals surface area contributed by atoms with Crippen LogP contribution in [-0.2, 0) is 13.7 Å². The standard InChI is InChI=1S/C14H18ClN3O/c1-9(16)11-5-4-6-12(7-11)19-8-13-14(15)10(2)17-18(13)3/h4-7,9H,8,16H2,1-3H3. The van der Waals surface area contributed by atoms with Crippen molar-refractivity contribution in [2.75, 3.05) is 0 Å². The van der Waals surface area contributed by atoms with E-state index in [0.717, 1.165) is 22.7 Å². The fourth-order valence-electron chi connectivity index (χ4n) is 1.88. The van der Waals surface area contributed by atoms with E-state index in [9.17, 15) is 0 Å². The zero-order valence-electron chi connectivity index (χ0n) is 11.4. The Kier molecular flexibility index (Phi) is 4.12. The number of hydrogen-bond acceptors (Lipinski definition) is 3. The average molecular weight is 280 g/mol. The minimum atomic E-state index is -0.00825. The Morgan fingerprint density at radius 1 is 1.47 bits per heavy atom. The highest BCUT2D eigenvalue weighted by molar-refractivity contribution is 6.31. The first-order chi connectivity index (χ1) is 8.99. The smallest absolute Gasteiger partial charge is 0.131 e. The molecule has 0 saturated heterocycles. The topological polar surface area (TPSA) is 53.1 Å². The van der Waals surface area contributed by atoms with Crippen LogP contribution in [0.25, 0.3) is 0 Å². The van der Waals surface area contributed by atoms with E-state index in [-0.39, 0.29) is 6.04 Å². The average Bonchev–Trinajstić information content (AvgIpc) is 2.61. The molecule has 0 aliphatic carbocycles. The van der Waals surface area contributed by atoms with Gasteiger partial charge in [0, 0.05) is 13.1 Å². The third-order valence-electron chi connectivity index (χ3n) is 3.02. The highest BCUT2D eigenvalue weighted by atomic mass is 35.5. The zero-order chi connectivity index (χ0) is 14.0. The molecule has 0 aliphatic heterocycles. The number of nitrogens with zero attached hydrogens (tertiary/aromatic N) is 2. The number of rotatable bonds is 4. The van der Waals surface area contributed by atoms with Crippen molar-refractivity contribution in [3.05, 3.63) is 46.2 Å². The van der Waals surface area contributed by atoms with Gasteiger partial charge in [0.05, 0.1) is 16.4 Å². The summed E-state index contributed by atoms with van der Waals surface area (Å²) in [4.78, 5) is 0. The molecule has 19 heavy (non-hydrogen) atoms. The monoisotopic (exact) mass is 279 g/mol. The number of ether oxygens (including phenoxy) is 1. The predicted octanol–water partition coefficient (Wildman–Crippen LogP) is 2.98. The summed E-state index contributed by atoms with van der Waals surface area (Å²) in [6, 6.07) is 7.76. The van der Waals surface area contributed by atoms with E-state index < -0.39 is 0 Å². The molecule has 0 saturated carbocycles. The van der Waals surface area contributed by atoms with Crippen LogP contribution >= 0.6 is 11.6 Å². The van der Waals surface area contributed by atoms with Gasteiger partial charge in [-0.25, -0.2) is 0 Å². The van der Waals surface area contributed by atoms with Gasteiger partial charge in [-0.15, -0.1) is 0 Å². The summed E-state index contributed by atoms with van der Waals surface area (Å²) in [5, 5.41) is 4.91. The Morgan fingerprint density at radius 2 is 2.21 bits per heavy atom. The maximum atomic E-state index is 6.18. The molecule has 0 amide bonds. The lowest BCUT2D eigenvalue weighted by molar-refractivity contribution is 0.294. The van der Waals surface area contributed by atoms with Gasteiger partial charge in [0.1, 0.15) is 12.4 Å². The second-order valence-corrected chi connectivity index (χ2v) is 5.00. The van der Waals surface area contributed by atoms with Gasteiger partial charge in [-0.3, -0.25) is 4.68 Å². The van der Waals surface area contributed by atoms with Crippen molar-refractivity contribution >= 4 is 11.6 Å². The summed E-state index contributed by atoms with van der Waals surface area (Å²) < 4.78 is 7.50. The fraction of sp³-hybridized carbons (Fsp3) is 0.357. The lowest BCUT2D eigenvalue weighted by Crippen LogP contribution is -2.06. The summed E-state index contributed by atoms with van der Waals surface area (Å²) in [5.74, 6) is 0.782. The van der Waals surface area contributed by atoms with E-state index in [1.165, 1.54) is 0 Å². The van der Waals surface area contributed by atoms with E-state index >= 15 is 0 Å². The van der Waals surface area contributed by atoms with Crippen molar-refractivity contribution in [1.29, 1.82) is 0 Å². The summed E-state index contributed by atoms with van der Waals surface area (Å²) in [7, 11) is 1.86. The molecule has 1 unspecified atom stereocenters. The highest BCUT2D eigenvalue weighted by Gasteiger charge is 2.11. The van der Waals surface area contributed by atoms with E-state index in [4.69, 9.17) is 22.1 Å². The Labute approximate surface area is 118 Å². The van der Waals surface area contributed by atoms with Crippen molar-refractivity contribution in [3.8, 4) is 5.75 Å². The lowest BCUT2D eigenvalue weighted by atomic mass is 10.1. The second kappa shape index (κ2) is 5.63. The largest absolute Gasteiger partial charge is 0.487 e. The van der Waals surface area contributed by atoms with Crippen LogP contribution in [0.2, 0.25) is 5.02 Å². The summed E-state index contributed by atoms with van der Waals surface area (Å²) in [5.41, 5.74) is 8.57. The molecule has 2 rings (SSSR count). The SMILES string of the molecule is Cc1nn(C)c(COc2cccc(C(C)N)c2)c1Cl. The Morgan fingerprint density at radius 3 is 2.79 bits per heavy atom. The first-order valence-electron chi connectivity index (χ1n) is 6.15. The fourth-order valence-corrected chi connectivity index (χ4v) is 2.09. The van der Waals surface area contributed by atoms with Gasteiger partial charge in [-0.05, 0) is 31.5 Å². The second-order valence-electron chi connectivity index (χ2n) is 4.62. The molecule has 4 nitrogen and oxygen atoms in total. The van der Waals surface area contributed by atoms with E-state index in [0.29, 0.717) is 11.6 Å². The van der Waals surface area contributed by atoms with Crippen molar-refractivity contribution < 1.29 is 4.74 Å². The van der Waals surface area contributed by atoms with Crippen LogP contribution in [0.4, 0.5) is 0 Å². The first kappa shape index (κ1) is 13.9. The molecule has 0 spiro atoms. The van der Waals surface area contributed by atoms with Crippen LogP contribution < -0.4 is 10.5 Å². The molecule has 1 heterocycles. The summed E-state index contributed by atoms with van der Waals surface area (Å²) >= 11 is 6.18. The molecule has 2 aromatic rings. The molecule has 1 aromatic carbocycles. The van der Waals surface area contributed by atoms with Gasteiger partial charge in [0.2, 0.25) is 0 Å². The number of aromatic nitrogens is 2. The summed E-state index contributed by atoms with van der Waals surface area (Å²) in [6.07, 6.45) is 0. The van der Waals surface area contributed by atoms with Gasteiger partial charge in [0.25, 0.3) is 0 Å². The quantitative estimate of drug-likeness (QED) is 0.936. The maximum Gasteiger partial charge on any atom is 0.131 e. The third-order valence-corrected chi connectivity index (χ3v) is 3.51. The van der Waals surface area contributed by atoms with Crippen LogP contribution in [0.3, 0.4) is 0 Å². The predicted molar refractivity (Wildman–Crippen MR) is 76.3 cm³/mol. The molecule has 102 valence electrons. The number of halogens is 1. The summed E-state index contributed by atoms with van der Waals surface area (Å²) in [6.45, 7) is 4.21. The Hall–Kier alpha value is -1.52. The van der Waals surface area contributed by atoms with Crippen LogP contribution in [0.1, 0.15) is 29.9 Å². The van der Waals surface area contributed by atoms with Gasteiger partial charge in [-0.1, -0.05) is 23.7 Å². The molecule has 5 heteroatoms. The van der Waals surface area contributed by atoms with Gasteiger partial charge >= 0.3 is 0 Å². The Bertz CT molecular complexity index is 578. The number of nitrogens with two attached hydrogens (primary N) is 1. The molecule has 0 aliphatic rings. The van der Waals surface area contributed by atoms with Crippen LogP contribution in [0.15, 0.2) is 24.3 Å². The van der Waals surface area contributed by atoms with Crippen molar-refractivity contribution in [2.24, 2.45) is 12.8 Å². The molecule has 1 aromatic heterocycles. The van der Waals surface area contributed by atoms with Crippen LogP contribution in [-0.4, -0.2) is 9.78 Å². The highest BCUT2D eigenvalue weighted by Crippen LogP contribution is 2.23. The van der Waals surface area contributed by atoms with E-state index in [1.807, 2.05) is 45.2 Å². The molecular formula is C14H18ClN3O. The zero-order valence-corrected chi connectivity index (χ0v) is 12.1. The van der Waals surface area contributed by atoms with Crippen molar-refractivity contribution in [2.45, 2.75) is 26.5 Å². The molecule has 0 radical (unpaired) electrons. The van der Waals surface area contributed by atoms with Gasteiger partial charge < -0.3 is 10.5 Å². The Balaban J connectivity index is 2.12. The molecule has 1 atom stereocenters. The number of hydrogen-bond donors (Lipinski definition) is 1. The molecular weight excluding hydrogens is 262 g/mol. The van der Waals surface area contributed by atoms with E-state index in [1.54, 1.807) is 4.68 Å². The molecule has 0 fully saturated rings. The van der Waals surface area contributed by atoms with Gasteiger partial charge in [-0.2, -0.15) is 5.10 Å². The maximum absolute atomic E-state index is 6.18. The number of benzene rings is 1. The van der Waals surface area contributed by atoms with Gasteiger partial charge in [0.15, 0.2) is 0 Å².